The Morgan fingerprint density at radius 3 is 2.37 bits per heavy atom. The second-order valence-corrected chi connectivity index (χ2v) is 11.6. The molecule has 1 unspecified atom stereocenters. The van der Waals surface area contributed by atoms with Gasteiger partial charge in [-0.3, -0.25) is 4.79 Å². The normalized spacial score (nSPS) is 16.8. The molecule has 0 saturated carbocycles. The minimum absolute atomic E-state index is 0.139. The summed E-state index contributed by atoms with van der Waals surface area (Å²) < 4.78 is 23.3. The molecule has 0 aliphatic carbocycles. The molecule has 1 saturated heterocycles. The SMILES string of the molecule is COc1ccc(C(C)NC(=O)c2cccc(-c3ccc4c(c3)COC3(CCN(C(=O)OC(C)(C)C)CC3)O4)c2)cc1. The number of carbonyl (C=O) groups is 2. The van der Waals surface area contributed by atoms with Crippen molar-refractivity contribution in [1.29, 1.82) is 0 Å². The predicted molar refractivity (Wildman–Crippen MR) is 156 cm³/mol. The third-order valence-electron chi connectivity index (χ3n) is 7.45. The molecule has 2 aliphatic rings. The highest BCUT2D eigenvalue weighted by Crippen LogP contribution is 2.39. The maximum atomic E-state index is 13.1. The fourth-order valence-corrected chi connectivity index (χ4v) is 5.11. The summed E-state index contributed by atoms with van der Waals surface area (Å²) in [6.07, 6.45) is 0.832. The third-order valence-corrected chi connectivity index (χ3v) is 7.45. The molecule has 0 bridgehead atoms. The Kier molecular flexibility index (Phi) is 7.95. The number of ether oxygens (including phenoxy) is 4. The molecule has 2 amide bonds. The number of hydrogen-bond donors (Lipinski definition) is 1. The van der Waals surface area contributed by atoms with E-state index in [4.69, 9.17) is 18.9 Å². The molecule has 3 aromatic rings. The maximum Gasteiger partial charge on any atom is 0.410 e. The fraction of sp³-hybridized carbons (Fsp3) is 0.394. The van der Waals surface area contributed by atoms with E-state index in [0.717, 1.165) is 33.8 Å². The summed E-state index contributed by atoms with van der Waals surface area (Å²) in [5.41, 5.74) is 3.92. The zero-order chi connectivity index (χ0) is 29.2. The summed E-state index contributed by atoms with van der Waals surface area (Å²) in [6, 6.07) is 21.1. The Balaban J connectivity index is 1.23. The number of hydrogen-bond acceptors (Lipinski definition) is 6. The van der Waals surface area contributed by atoms with Crippen molar-refractivity contribution in [3.05, 3.63) is 83.4 Å². The number of carbonyl (C=O) groups excluding carboxylic acids is 2. The standard InChI is InChI=1S/C33H38N2O6/c1-22(23-9-12-28(38-5)13-10-23)34-30(36)26-8-6-7-24(19-26)25-11-14-29-27(20-25)21-39-33(40-29)15-17-35(18-16-33)31(37)41-32(2,3)4/h6-14,19-20,22H,15-18,21H2,1-5H3,(H,34,36). The molecule has 1 N–H and O–H groups in total. The number of nitrogens with zero attached hydrogens (tertiary/aromatic N) is 1. The molecule has 8 nitrogen and oxygen atoms in total. The summed E-state index contributed by atoms with van der Waals surface area (Å²) in [5.74, 6) is 0.679. The maximum absolute atomic E-state index is 13.1. The molecule has 2 heterocycles. The number of methoxy groups -OCH3 is 1. The fourth-order valence-electron chi connectivity index (χ4n) is 5.11. The van der Waals surface area contributed by atoms with Gasteiger partial charge < -0.3 is 29.2 Å². The van der Waals surface area contributed by atoms with Crippen LogP contribution in [0.4, 0.5) is 4.79 Å². The number of fused-ring (bicyclic) bond motifs is 1. The van der Waals surface area contributed by atoms with Crippen molar-refractivity contribution in [2.75, 3.05) is 20.2 Å². The lowest BCUT2D eigenvalue weighted by molar-refractivity contribution is -0.226. The van der Waals surface area contributed by atoms with Gasteiger partial charge in [-0.05, 0) is 80.8 Å². The van der Waals surface area contributed by atoms with E-state index in [1.807, 2.05) is 88.4 Å². The van der Waals surface area contributed by atoms with Gasteiger partial charge in [0.25, 0.3) is 5.91 Å². The van der Waals surface area contributed by atoms with Gasteiger partial charge in [0.15, 0.2) is 0 Å². The molecule has 0 aromatic heterocycles. The Bertz CT molecular complexity index is 1400. The highest BCUT2D eigenvalue weighted by Gasteiger charge is 2.42. The highest BCUT2D eigenvalue weighted by molar-refractivity contribution is 5.95. The Morgan fingerprint density at radius 1 is 0.976 bits per heavy atom. The van der Waals surface area contributed by atoms with Crippen LogP contribution in [0.15, 0.2) is 66.7 Å². The van der Waals surface area contributed by atoms with Gasteiger partial charge in [-0.15, -0.1) is 0 Å². The van der Waals surface area contributed by atoms with Crippen molar-refractivity contribution in [2.24, 2.45) is 0 Å². The summed E-state index contributed by atoms with van der Waals surface area (Å²) in [6.45, 7) is 8.98. The molecule has 8 heteroatoms. The van der Waals surface area contributed by atoms with Crippen LogP contribution in [0.2, 0.25) is 0 Å². The monoisotopic (exact) mass is 558 g/mol. The molecule has 2 aliphatic heterocycles. The first kappa shape index (κ1) is 28.5. The lowest BCUT2D eigenvalue weighted by Gasteiger charge is -2.44. The van der Waals surface area contributed by atoms with Crippen LogP contribution >= 0.6 is 0 Å². The van der Waals surface area contributed by atoms with E-state index in [-0.39, 0.29) is 18.0 Å². The summed E-state index contributed by atoms with van der Waals surface area (Å²) in [4.78, 5) is 27.2. The van der Waals surface area contributed by atoms with Crippen LogP contribution in [0.1, 0.15) is 68.1 Å². The van der Waals surface area contributed by atoms with Crippen molar-refractivity contribution in [1.82, 2.24) is 10.2 Å². The number of likely N-dealkylation sites (tertiary alicyclic amines) is 1. The molecular weight excluding hydrogens is 520 g/mol. The van der Waals surface area contributed by atoms with Gasteiger partial charge in [-0.25, -0.2) is 4.79 Å². The Hall–Kier alpha value is -4.04. The van der Waals surface area contributed by atoms with Gasteiger partial charge >= 0.3 is 6.09 Å². The van der Waals surface area contributed by atoms with Gasteiger partial charge in [0.05, 0.1) is 19.8 Å². The van der Waals surface area contributed by atoms with E-state index >= 15 is 0 Å². The Labute approximate surface area is 241 Å². The third kappa shape index (κ3) is 6.65. The molecule has 216 valence electrons. The first-order chi connectivity index (χ1) is 19.5. The first-order valence-electron chi connectivity index (χ1n) is 14.0. The van der Waals surface area contributed by atoms with Crippen LogP contribution in [-0.4, -0.2) is 48.5 Å². The van der Waals surface area contributed by atoms with Crippen molar-refractivity contribution < 1.29 is 28.5 Å². The van der Waals surface area contributed by atoms with Gasteiger partial charge in [0.2, 0.25) is 5.79 Å². The van der Waals surface area contributed by atoms with Crippen molar-refractivity contribution in [3.63, 3.8) is 0 Å². The second-order valence-electron chi connectivity index (χ2n) is 11.6. The van der Waals surface area contributed by atoms with Crippen LogP contribution in [0.25, 0.3) is 11.1 Å². The minimum atomic E-state index is -0.744. The summed E-state index contributed by atoms with van der Waals surface area (Å²) in [7, 11) is 1.63. The summed E-state index contributed by atoms with van der Waals surface area (Å²) in [5, 5.41) is 3.08. The van der Waals surface area contributed by atoms with E-state index in [0.29, 0.717) is 38.1 Å². The average Bonchev–Trinajstić information content (AvgIpc) is 2.96. The number of nitrogens with one attached hydrogen (secondary N) is 1. The van der Waals surface area contributed by atoms with Crippen LogP contribution in [-0.2, 0) is 16.1 Å². The predicted octanol–water partition coefficient (Wildman–Crippen LogP) is 6.49. The smallest absolute Gasteiger partial charge is 0.410 e. The summed E-state index contributed by atoms with van der Waals surface area (Å²) >= 11 is 0. The van der Waals surface area contributed by atoms with E-state index < -0.39 is 11.4 Å². The molecule has 0 radical (unpaired) electrons. The quantitative estimate of drug-likeness (QED) is 0.385. The molecule has 3 aromatic carbocycles. The van der Waals surface area contributed by atoms with Gasteiger partial charge in [0, 0.05) is 37.1 Å². The highest BCUT2D eigenvalue weighted by atomic mass is 16.7. The van der Waals surface area contributed by atoms with Crippen molar-refractivity contribution >= 4 is 12.0 Å². The van der Waals surface area contributed by atoms with Crippen LogP contribution in [0.3, 0.4) is 0 Å². The van der Waals surface area contributed by atoms with Gasteiger partial charge in [-0.2, -0.15) is 0 Å². The van der Waals surface area contributed by atoms with E-state index in [1.54, 1.807) is 12.0 Å². The topological polar surface area (TPSA) is 86.3 Å². The van der Waals surface area contributed by atoms with Crippen LogP contribution < -0.4 is 14.8 Å². The van der Waals surface area contributed by atoms with E-state index in [9.17, 15) is 9.59 Å². The zero-order valence-corrected chi connectivity index (χ0v) is 24.4. The molecular formula is C33H38N2O6. The number of benzene rings is 3. The lowest BCUT2D eigenvalue weighted by atomic mass is 9.98. The lowest BCUT2D eigenvalue weighted by Crippen LogP contribution is -2.53. The molecule has 1 atom stereocenters. The second kappa shape index (κ2) is 11.4. The van der Waals surface area contributed by atoms with Gasteiger partial charge in [-0.1, -0.05) is 30.3 Å². The van der Waals surface area contributed by atoms with Crippen molar-refractivity contribution in [3.8, 4) is 22.6 Å². The molecule has 1 spiro atoms. The van der Waals surface area contributed by atoms with Crippen molar-refractivity contribution in [2.45, 2.75) is 64.6 Å². The first-order valence-corrected chi connectivity index (χ1v) is 14.0. The molecule has 5 rings (SSSR count). The van der Waals surface area contributed by atoms with E-state index in [1.165, 1.54) is 0 Å². The van der Waals surface area contributed by atoms with Crippen LogP contribution in [0.5, 0.6) is 11.5 Å². The number of amides is 2. The van der Waals surface area contributed by atoms with Gasteiger partial charge in [0.1, 0.15) is 17.1 Å². The molecule has 1 fully saturated rings. The number of piperidine rings is 1. The largest absolute Gasteiger partial charge is 0.497 e. The number of rotatable bonds is 5. The van der Waals surface area contributed by atoms with E-state index in [2.05, 4.69) is 11.4 Å². The zero-order valence-electron chi connectivity index (χ0n) is 24.4. The molecule has 41 heavy (non-hydrogen) atoms. The average molecular weight is 559 g/mol. The minimum Gasteiger partial charge on any atom is -0.497 e. The van der Waals surface area contributed by atoms with Crippen LogP contribution in [0, 0.1) is 0 Å². The Morgan fingerprint density at radius 2 is 1.68 bits per heavy atom.